The molecular formula is C8H10F3N3OS. The standard InChI is InChI=1S/C8H10F3N3OS/c1-2-3-14-7(15)12-13-8(14)16-4-5(9)6(10)11/h2,5-6H,1,3-4H2,(H,12,15). The molecule has 0 amide bonds. The van der Waals surface area contributed by atoms with Crippen LogP contribution < -0.4 is 5.69 Å². The Morgan fingerprint density at radius 1 is 1.56 bits per heavy atom. The van der Waals surface area contributed by atoms with Crippen LogP contribution in [0, 0.1) is 0 Å². The van der Waals surface area contributed by atoms with Crippen LogP contribution in [-0.2, 0) is 6.54 Å². The predicted molar refractivity (Wildman–Crippen MR) is 54.7 cm³/mol. The summed E-state index contributed by atoms with van der Waals surface area (Å²) in [4.78, 5) is 11.2. The number of aromatic nitrogens is 3. The summed E-state index contributed by atoms with van der Waals surface area (Å²) in [6, 6.07) is 0. The fraction of sp³-hybridized carbons (Fsp3) is 0.500. The summed E-state index contributed by atoms with van der Waals surface area (Å²) < 4.78 is 37.6. The maximum atomic E-state index is 12.6. The van der Waals surface area contributed by atoms with E-state index in [0.717, 1.165) is 11.8 Å². The van der Waals surface area contributed by atoms with Crippen LogP contribution in [0.2, 0.25) is 0 Å². The van der Waals surface area contributed by atoms with Crippen molar-refractivity contribution in [3.05, 3.63) is 23.1 Å². The molecule has 1 N–H and O–H groups in total. The molecule has 0 aliphatic rings. The van der Waals surface area contributed by atoms with Crippen molar-refractivity contribution >= 4 is 11.8 Å². The minimum absolute atomic E-state index is 0.174. The van der Waals surface area contributed by atoms with Gasteiger partial charge in [0, 0.05) is 12.3 Å². The van der Waals surface area contributed by atoms with Gasteiger partial charge in [-0.15, -0.1) is 11.7 Å². The third-order valence-electron chi connectivity index (χ3n) is 1.68. The Morgan fingerprint density at radius 2 is 2.25 bits per heavy atom. The fourth-order valence-electron chi connectivity index (χ4n) is 0.930. The van der Waals surface area contributed by atoms with Crippen LogP contribution in [0.5, 0.6) is 0 Å². The van der Waals surface area contributed by atoms with Gasteiger partial charge < -0.3 is 0 Å². The highest BCUT2D eigenvalue weighted by Gasteiger charge is 2.20. The molecule has 1 aromatic rings. The molecule has 0 saturated carbocycles. The average Bonchev–Trinajstić information content (AvgIpc) is 2.58. The monoisotopic (exact) mass is 253 g/mol. The van der Waals surface area contributed by atoms with Crippen molar-refractivity contribution < 1.29 is 13.2 Å². The van der Waals surface area contributed by atoms with Crippen molar-refractivity contribution in [2.45, 2.75) is 24.3 Å². The number of H-pyrrole nitrogens is 1. The van der Waals surface area contributed by atoms with E-state index < -0.39 is 24.0 Å². The number of thioether (sulfide) groups is 1. The normalized spacial score (nSPS) is 13.0. The zero-order valence-electron chi connectivity index (χ0n) is 8.20. The first kappa shape index (κ1) is 12.9. The van der Waals surface area contributed by atoms with Gasteiger partial charge in [0.1, 0.15) is 0 Å². The van der Waals surface area contributed by atoms with Gasteiger partial charge in [-0.25, -0.2) is 23.1 Å². The van der Waals surface area contributed by atoms with Gasteiger partial charge in [0.05, 0.1) is 0 Å². The zero-order valence-corrected chi connectivity index (χ0v) is 9.01. The molecule has 16 heavy (non-hydrogen) atoms. The minimum Gasteiger partial charge on any atom is -0.266 e. The van der Waals surface area contributed by atoms with E-state index in [1.54, 1.807) is 0 Å². The van der Waals surface area contributed by atoms with Crippen LogP contribution in [-0.4, -0.2) is 33.1 Å². The van der Waals surface area contributed by atoms with Gasteiger partial charge in [0.15, 0.2) is 11.3 Å². The Kier molecular flexibility index (Phi) is 4.66. The number of alkyl halides is 3. The third-order valence-corrected chi connectivity index (χ3v) is 2.73. The van der Waals surface area contributed by atoms with Crippen molar-refractivity contribution in [1.82, 2.24) is 14.8 Å². The number of allylic oxidation sites excluding steroid dienone is 1. The van der Waals surface area contributed by atoms with E-state index >= 15 is 0 Å². The van der Waals surface area contributed by atoms with E-state index in [0.29, 0.717) is 0 Å². The maximum Gasteiger partial charge on any atom is 0.344 e. The zero-order chi connectivity index (χ0) is 12.1. The molecule has 4 nitrogen and oxygen atoms in total. The smallest absolute Gasteiger partial charge is 0.266 e. The van der Waals surface area contributed by atoms with Crippen LogP contribution in [0.3, 0.4) is 0 Å². The van der Waals surface area contributed by atoms with Crippen molar-refractivity contribution in [2.24, 2.45) is 0 Å². The molecule has 0 fully saturated rings. The van der Waals surface area contributed by atoms with E-state index in [-0.39, 0.29) is 11.7 Å². The molecular weight excluding hydrogens is 243 g/mol. The molecule has 1 atom stereocenters. The SMILES string of the molecule is C=CCn1c(SCC(F)C(F)F)n[nH]c1=O. The average molecular weight is 253 g/mol. The van der Waals surface area contributed by atoms with Crippen molar-refractivity contribution in [3.63, 3.8) is 0 Å². The topological polar surface area (TPSA) is 50.7 Å². The summed E-state index contributed by atoms with van der Waals surface area (Å²) in [7, 11) is 0. The molecule has 0 radical (unpaired) electrons. The molecule has 1 heterocycles. The second-order valence-corrected chi connectivity index (χ2v) is 3.86. The summed E-state index contributed by atoms with van der Waals surface area (Å²) in [5.74, 6) is -0.445. The van der Waals surface area contributed by atoms with Crippen molar-refractivity contribution in [1.29, 1.82) is 0 Å². The number of nitrogens with one attached hydrogen (secondary N) is 1. The summed E-state index contributed by atoms with van der Waals surface area (Å²) in [6.45, 7) is 3.63. The number of rotatable bonds is 6. The summed E-state index contributed by atoms with van der Waals surface area (Å²) in [6.07, 6.45) is -3.79. The van der Waals surface area contributed by atoms with Gasteiger partial charge in [-0.2, -0.15) is 0 Å². The lowest BCUT2D eigenvalue weighted by Gasteiger charge is -2.06. The van der Waals surface area contributed by atoms with Gasteiger partial charge in [-0.05, 0) is 0 Å². The molecule has 0 bridgehead atoms. The van der Waals surface area contributed by atoms with Crippen molar-refractivity contribution in [3.8, 4) is 0 Å². The number of nitrogens with zero attached hydrogens (tertiary/aromatic N) is 2. The molecule has 90 valence electrons. The lowest BCUT2D eigenvalue weighted by molar-refractivity contribution is 0.0627. The summed E-state index contributed by atoms with van der Waals surface area (Å²) in [5, 5.41) is 5.92. The molecule has 0 aliphatic carbocycles. The largest absolute Gasteiger partial charge is 0.344 e. The molecule has 1 rings (SSSR count). The molecule has 0 aromatic carbocycles. The van der Waals surface area contributed by atoms with Crippen LogP contribution >= 0.6 is 11.8 Å². The fourth-order valence-corrected chi connectivity index (χ4v) is 1.81. The van der Waals surface area contributed by atoms with Crippen LogP contribution in [0.15, 0.2) is 22.6 Å². The maximum absolute atomic E-state index is 12.6. The molecule has 1 aromatic heterocycles. The van der Waals surface area contributed by atoms with Gasteiger partial charge in [0.2, 0.25) is 0 Å². The van der Waals surface area contributed by atoms with E-state index in [4.69, 9.17) is 0 Å². The van der Waals surface area contributed by atoms with Crippen LogP contribution in [0.25, 0.3) is 0 Å². The van der Waals surface area contributed by atoms with Gasteiger partial charge >= 0.3 is 5.69 Å². The number of halogens is 3. The number of hydrogen-bond acceptors (Lipinski definition) is 3. The third kappa shape index (κ3) is 3.16. The molecule has 0 aliphatic heterocycles. The Labute approximate surface area is 93.5 Å². The molecule has 0 saturated heterocycles. The number of aromatic amines is 1. The van der Waals surface area contributed by atoms with E-state index in [9.17, 15) is 18.0 Å². The van der Waals surface area contributed by atoms with E-state index in [1.165, 1.54) is 10.6 Å². The summed E-state index contributed by atoms with van der Waals surface area (Å²) in [5.41, 5.74) is -0.477. The highest BCUT2D eigenvalue weighted by Crippen LogP contribution is 2.18. The van der Waals surface area contributed by atoms with Gasteiger partial charge in [0.25, 0.3) is 6.43 Å². The lowest BCUT2D eigenvalue weighted by atomic mass is 10.5. The molecule has 1 unspecified atom stereocenters. The van der Waals surface area contributed by atoms with Gasteiger partial charge in [-0.3, -0.25) is 4.57 Å². The Morgan fingerprint density at radius 3 is 2.81 bits per heavy atom. The molecule has 0 spiro atoms. The first-order valence-electron chi connectivity index (χ1n) is 4.37. The van der Waals surface area contributed by atoms with Crippen molar-refractivity contribution in [2.75, 3.05) is 5.75 Å². The van der Waals surface area contributed by atoms with Crippen LogP contribution in [0.1, 0.15) is 0 Å². The number of hydrogen-bond donors (Lipinski definition) is 1. The minimum atomic E-state index is -3.02. The molecule has 8 heteroatoms. The Bertz CT molecular complexity index is 403. The Hall–Kier alpha value is -1.18. The first-order chi connectivity index (χ1) is 7.56. The van der Waals surface area contributed by atoms with Crippen LogP contribution in [0.4, 0.5) is 13.2 Å². The highest BCUT2D eigenvalue weighted by atomic mass is 32.2. The lowest BCUT2D eigenvalue weighted by Crippen LogP contribution is -2.18. The van der Waals surface area contributed by atoms with Gasteiger partial charge in [-0.1, -0.05) is 17.8 Å². The predicted octanol–water partition coefficient (Wildman–Crippen LogP) is 1.45. The highest BCUT2D eigenvalue weighted by molar-refractivity contribution is 7.99. The Balaban J connectivity index is 2.67. The van der Waals surface area contributed by atoms with E-state index in [2.05, 4.69) is 16.8 Å². The first-order valence-corrected chi connectivity index (χ1v) is 5.36. The van der Waals surface area contributed by atoms with E-state index in [1.807, 2.05) is 0 Å². The summed E-state index contributed by atoms with van der Waals surface area (Å²) >= 11 is 0.762. The second-order valence-electron chi connectivity index (χ2n) is 2.87. The second kappa shape index (κ2) is 5.78. The quantitative estimate of drug-likeness (QED) is 0.616.